The van der Waals surface area contributed by atoms with Gasteiger partial charge in [-0.3, -0.25) is 0 Å². The van der Waals surface area contributed by atoms with Gasteiger partial charge in [0.2, 0.25) is 5.88 Å². The molecule has 31 heavy (non-hydrogen) atoms. The molecule has 0 bridgehead atoms. The molecule has 2 aromatic rings. The molecule has 0 N–H and O–H groups in total. The number of hydrogen-bond acceptors (Lipinski definition) is 3. The van der Waals surface area contributed by atoms with Gasteiger partial charge in [0.1, 0.15) is 0 Å². The number of ether oxygens (including phenoxy) is 2. The van der Waals surface area contributed by atoms with E-state index in [2.05, 4.69) is 13.8 Å². The van der Waals surface area contributed by atoms with E-state index in [9.17, 15) is 0 Å². The fourth-order valence-corrected chi connectivity index (χ4v) is 4.22. The van der Waals surface area contributed by atoms with Crippen LogP contribution in [0.25, 0.3) is 11.1 Å². The Hall–Kier alpha value is -2.10. The van der Waals surface area contributed by atoms with Crippen LogP contribution in [0.4, 0.5) is 4.39 Å². The molecule has 1 heterocycles. The zero-order valence-electron chi connectivity index (χ0n) is 19.4. The lowest BCUT2D eigenvalue weighted by Crippen LogP contribution is -2.11. The molecule has 4 heteroatoms. The van der Waals surface area contributed by atoms with Gasteiger partial charge in [0, 0.05) is 11.6 Å². The summed E-state index contributed by atoms with van der Waals surface area (Å²) < 4.78 is 26.7. The second-order valence-corrected chi connectivity index (χ2v) is 8.57. The lowest BCUT2D eigenvalue weighted by atomic mass is 9.88. The smallest absolute Gasteiger partial charge is 0.213 e. The predicted molar refractivity (Wildman–Crippen MR) is 126 cm³/mol. The van der Waals surface area contributed by atoms with E-state index in [0.717, 1.165) is 48.1 Å². The van der Waals surface area contributed by atoms with Gasteiger partial charge in [0.15, 0.2) is 11.6 Å². The molecule has 1 aromatic carbocycles. The number of nitrogens with zero attached hydrogens (tertiary/aromatic N) is 1. The average Bonchev–Trinajstić information content (AvgIpc) is 2.79. The SMILES string of the molecule is CCCCCCCCOc1ccc2c(c1F)CCc1nc(OCCCCCC)ccc1-2. The Morgan fingerprint density at radius 1 is 0.742 bits per heavy atom. The van der Waals surface area contributed by atoms with Crippen molar-refractivity contribution >= 4 is 0 Å². The molecule has 0 radical (unpaired) electrons. The summed E-state index contributed by atoms with van der Waals surface area (Å²) in [5, 5.41) is 0. The topological polar surface area (TPSA) is 31.4 Å². The predicted octanol–water partition coefficient (Wildman–Crippen LogP) is 7.68. The molecule has 0 saturated carbocycles. The first-order valence-electron chi connectivity index (χ1n) is 12.3. The van der Waals surface area contributed by atoms with Gasteiger partial charge < -0.3 is 9.47 Å². The molecule has 3 nitrogen and oxygen atoms in total. The minimum Gasteiger partial charge on any atom is -0.491 e. The summed E-state index contributed by atoms with van der Waals surface area (Å²) in [6, 6.07) is 7.70. The first kappa shape index (κ1) is 23.6. The van der Waals surface area contributed by atoms with Crippen molar-refractivity contribution in [1.29, 1.82) is 0 Å². The molecular formula is C27H38FNO2. The fourth-order valence-electron chi connectivity index (χ4n) is 4.22. The first-order chi connectivity index (χ1) is 15.2. The Morgan fingerprint density at radius 2 is 1.39 bits per heavy atom. The van der Waals surface area contributed by atoms with E-state index >= 15 is 4.39 Å². The van der Waals surface area contributed by atoms with Crippen molar-refractivity contribution in [2.75, 3.05) is 13.2 Å². The maximum atomic E-state index is 15.1. The lowest BCUT2D eigenvalue weighted by molar-refractivity contribution is 0.289. The van der Waals surface area contributed by atoms with Crippen molar-refractivity contribution in [2.45, 2.75) is 90.9 Å². The summed E-state index contributed by atoms with van der Waals surface area (Å²) in [6.45, 7) is 5.71. The Kier molecular flexibility index (Phi) is 9.64. The van der Waals surface area contributed by atoms with E-state index in [1.807, 2.05) is 18.2 Å². The van der Waals surface area contributed by atoms with Crippen LogP contribution in [0.5, 0.6) is 11.6 Å². The number of pyridine rings is 1. The second-order valence-electron chi connectivity index (χ2n) is 8.57. The number of aryl methyl sites for hydroxylation is 1. The summed E-state index contributed by atoms with van der Waals surface area (Å²) >= 11 is 0. The highest BCUT2D eigenvalue weighted by atomic mass is 19.1. The normalized spacial score (nSPS) is 12.4. The van der Waals surface area contributed by atoms with Crippen LogP contribution < -0.4 is 9.47 Å². The van der Waals surface area contributed by atoms with Crippen LogP contribution in [0.1, 0.15) is 89.3 Å². The van der Waals surface area contributed by atoms with Crippen molar-refractivity contribution in [3.8, 4) is 22.8 Å². The third kappa shape index (κ3) is 6.69. The minimum absolute atomic E-state index is 0.203. The summed E-state index contributed by atoms with van der Waals surface area (Å²) in [7, 11) is 0. The van der Waals surface area contributed by atoms with Gasteiger partial charge in [-0.2, -0.15) is 0 Å². The van der Waals surface area contributed by atoms with E-state index < -0.39 is 0 Å². The second kappa shape index (κ2) is 12.7. The number of halogens is 1. The Morgan fingerprint density at radius 3 is 2.16 bits per heavy atom. The van der Waals surface area contributed by atoms with Gasteiger partial charge >= 0.3 is 0 Å². The number of benzene rings is 1. The number of rotatable bonds is 14. The number of hydrogen-bond donors (Lipinski definition) is 0. The fraction of sp³-hybridized carbons (Fsp3) is 0.593. The van der Waals surface area contributed by atoms with Gasteiger partial charge in [0.25, 0.3) is 0 Å². The van der Waals surface area contributed by atoms with Gasteiger partial charge in [-0.05, 0) is 48.9 Å². The van der Waals surface area contributed by atoms with Crippen LogP contribution in [-0.4, -0.2) is 18.2 Å². The van der Waals surface area contributed by atoms with Crippen LogP contribution >= 0.6 is 0 Å². The summed E-state index contributed by atoms with van der Waals surface area (Å²) in [5.74, 6) is 0.860. The minimum atomic E-state index is -0.203. The van der Waals surface area contributed by atoms with Crippen LogP contribution in [0.15, 0.2) is 24.3 Å². The van der Waals surface area contributed by atoms with Crippen LogP contribution in [0.2, 0.25) is 0 Å². The van der Waals surface area contributed by atoms with E-state index in [-0.39, 0.29) is 5.82 Å². The molecule has 0 atom stereocenters. The highest BCUT2D eigenvalue weighted by Gasteiger charge is 2.23. The lowest BCUT2D eigenvalue weighted by Gasteiger charge is -2.21. The summed E-state index contributed by atoms with van der Waals surface area (Å²) in [4.78, 5) is 4.70. The number of aromatic nitrogens is 1. The third-order valence-corrected chi connectivity index (χ3v) is 6.06. The molecule has 170 valence electrons. The zero-order chi connectivity index (χ0) is 21.9. The van der Waals surface area contributed by atoms with E-state index in [0.29, 0.717) is 31.3 Å². The molecule has 1 aromatic heterocycles. The van der Waals surface area contributed by atoms with Crippen molar-refractivity contribution < 1.29 is 13.9 Å². The maximum absolute atomic E-state index is 15.1. The highest BCUT2D eigenvalue weighted by molar-refractivity contribution is 5.73. The maximum Gasteiger partial charge on any atom is 0.213 e. The summed E-state index contributed by atoms with van der Waals surface area (Å²) in [6.07, 6.45) is 13.3. The van der Waals surface area contributed by atoms with E-state index in [1.54, 1.807) is 6.07 Å². The molecule has 1 aliphatic carbocycles. The molecule has 3 rings (SSSR count). The third-order valence-electron chi connectivity index (χ3n) is 6.06. The quantitative estimate of drug-likeness (QED) is 0.290. The standard InChI is InChI=1S/C27H38FNO2/c1-3-5-7-9-10-12-19-30-25-17-14-21-22-15-18-26(31-20-11-8-6-4-2)29-24(22)16-13-23(21)27(25)28/h14-15,17-18H,3-13,16,19-20H2,1-2H3. The molecule has 0 unspecified atom stereocenters. The summed E-state index contributed by atoms with van der Waals surface area (Å²) in [5.41, 5.74) is 3.70. The van der Waals surface area contributed by atoms with Gasteiger partial charge in [-0.1, -0.05) is 71.3 Å². The molecule has 0 aliphatic heterocycles. The molecular weight excluding hydrogens is 389 g/mol. The van der Waals surface area contributed by atoms with Crippen LogP contribution in [-0.2, 0) is 12.8 Å². The van der Waals surface area contributed by atoms with Gasteiger partial charge in [-0.25, -0.2) is 9.37 Å². The van der Waals surface area contributed by atoms with Gasteiger partial charge in [-0.15, -0.1) is 0 Å². The molecule has 0 spiro atoms. The van der Waals surface area contributed by atoms with Crippen LogP contribution in [0, 0.1) is 5.82 Å². The van der Waals surface area contributed by atoms with Crippen LogP contribution in [0.3, 0.4) is 0 Å². The van der Waals surface area contributed by atoms with Crippen molar-refractivity contribution in [1.82, 2.24) is 4.98 Å². The zero-order valence-corrected chi connectivity index (χ0v) is 19.4. The Bertz CT molecular complexity index is 821. The molecule has 0 amide bonds. The first-order valence-corrected chi connectivity index (χ1v) is 12.3. The number of fused-ring (bicyclic) bond motifs is 3. The van der Waals surface area contributed by atoms with E-state index in [4.69, 9.17) is 14.5 Å². The van der Waals surface area contributed by atoms with Crippen molar-refractivity contribution in [3.05, 3.63) is 41.3 Å². The molecule has 0 saturated heterocycles. The highest BCUT2D eigenvalue weighted by Crippen LogP contribution is 2.38. The van der Waals surface area contributed by atoms with E-state index in [1.165, 1.54) is 44.9 Å². The number of unbranched alkanes of at least 4 members (excludes halogenated alkanes) is 8. The largest absolute Gasteiger partial charge is 0.491 e. The Balaban J connectivity index is 1.57. The average molecular weight is 428 g/mol. The Labute approximate surface area is 187 Å². The molecule has 1 aliphatic rings. The molecule has 0 fully saturated rings. The van der Waals surface area contributed by atoms with Gasteiger partial charge in [0.05, 0.1) is 18.9 Å². The monoisotopic (exact) mass is 427 g/mol. The van der Waals surface area contributed by atoms with Crippen molar-refractivity contribution in [2.24, 2.45) is 0 Å². The van der Waals surface area contributed by atoms with Crippen molar-refractivity contribution in [3.63, 3.8) is 0 Å².